The first-order valence-corrected chi connectivity index (χ1v) is 7.14. The number of aromatic nitrogens is 4. The van der Waals surface area contributed by atoms with E-state index in [0.29, 0.717) is 0 Å². The zero-order chi connectivity index (χ0) is 13.0. The first-order valence-electron chi connectivity index (χ1n) is 6.36. The van der Waals surface area contributed by atoms with Gasteiger partial charge in [-0.1, -0.05) is 18.3 Å². The van der Waals surface area contributed by atoms with E-state index in [9.17, 15) is 0 Å². The van der Waals surface area contributed by atoms with Gasteiger partial charge in [0, 0.05) is 18.3 Å². The largest absolute Gasteiger partial charge is 0.306 e. The number of rotatable bonds is 6. The Kier molecular flexibility index (Phi) is 4.43. The molecule has 0 aromatic carbocycles. The lowest BCUT2D eigenvalue weighted by Gasteiger charge is -2.15. The molecule has 0 fully saturated rings. The summed E-state index contributed by atoms with van der Waals surface area (Å²) in [5, 5.41) is 12.0. The number of aryl methyl sites for hydroxylation is 2. The molecule has 0 aliphatic carbocycles. The normalized spacial score (nSPS) is 12.8. The maximum atomic E-state index is 4.34. The summed E-state index contributed by atoms with van der Waals surface area (Å²) >= 11 is 1.47. The Labute approximate surface area is 111 Å². The van der Waals surface area contributed by atoms with Gasteiger partial charge in [-0.2, -0.15) is 5.10 Å². The molecule has 0 amide bonds. The van der Waals surface area contributed by atoms with Gasteiger partial charge in [-0.15, -0.1) is 5.10 Å². The summed E-state index contributed by atoms with van der Waals surface area (Å²) in [6.07, 6.45) is 4.93. The maximum absolute atomic E-state index is 4.34. The SMILES string of the molecule is CCNC(c1cnn(CC)c1)c1snnc1CC. The third kappa shape index (κ3) is 2.59. The van der Waals surface area contributed by atoms with Crippen LogP contribution in [0.3, 0.4) is 0 Å². The lowest BCUT2D eigenvalue weighted by Crippen LogP contribution is -2.21. The van der Waals surface area contributed by atoms with Gasteiger partial charge >= 0.3 is 0 Å². The minimum Gasteiger partial charge on any atom is -0.306 e. The van der Waals surface area contributed by atoms with Crippen molar-refractivity contribution in [2.24, 2.45) is 0 Å². The Morgan fingerprint density at radius 2 is 2.22 bits per heavy atom. The third-order valence-corrected chi connectivity index (χ3v) is 3.73. The summed E-state index contributed by atoms with van der Waals surface area (Å²) in [5.74, 6) is 0. The highest BCUT2D eigenvalue weighted by Gasteiger charge is 2.20. The predicted octanol–water partition coefficient (Wildman–Crippen LogP) is 2.02. The average Bonchev–Trinajstić information content (AvgIpc) is 3.04. The molecule has 0 bridgehead atoms. The number of hydrogen-bond donors (Lipinski definition) is 1. The molecule has 2 heterocycles. The van der Waals surface area contributed by atoms with Crippen molar-refractivity contribution in [3.63, 3.8) is 0 Å². The second-order valence-corrected chi connectivity index (χ2v) is 4.84. The fourth-order valence-corrected chi connectivity index (χ4v) is 2.79. The van der Waals surface area contributed by atoms with Crippen LogP contribution in [0.1, 0.15) is 42.9 Å². The van der Waals surface area contributed by atoms with Gasteiger partial charge in [0.15, 0.2) is 0 Å². The number of nitrogens with one attached hydrogen (secondary N) is 1. The Morgan fingerprint density at radius 1 is 1.39 bits per heavy atom. The molecule has 2 rings (SSSR count). The highest BCUT2D eigenvalue weighted by Crippen LogP contribution is 2.27. The molecule has 1 N–H and O–H groups in total. The van der Waals surface area contributed by atoms with Crippen molar-refractivity contribution in [3.05, 3.63) is 28.5 Å². The van der Waals surface area contributed by atoms with Gasteiger partial charge in [-0.25, -0.2) is 0 Å². The van der Waals surface area contributed by atoms with Gasteiger partial charge in [0.05, 0.1) is 22.8 Å². The molecular weight excluding hydrogens is 246 g/mol. The van der Waals surface area contributed by atoms with Crippen molar-refractivity contribution in [3.8, 4) is 0 Å². The van der Waals surface area contributed by atoms with Crippen LogP contribution in [-0.4, -0.2) is 25.9 Å². The summed E-state index contributed by atoms with van der Waals surface area (Å²) in [6.45, 7) is 8.10. The topological polar surface area (TPSA) is 55.6 Å². The second kappa shape index (κ2) is 6.06. The minimum atomic E-state index is 0.158. The Bertz CT molecular complexity index is 490. The van der Waals surface area contributed by atoms with E-state index in [1.165, 1.54) is 22.0 Å². The fourth-order valence-electron chi connectivity index (χ4n) is 1.95. The van der Waals surface area contributed by atoms with Crippen molar-refractivity contribution in [1.29, 1.82) is 0 Å². The van der Waals surface area contributed by atoms with Crippen LogP contribution in [0.4, 0.5) is 0 Å². The first kappa shape index (κ1) is 13.2. The quantitative estimate of drug-likeness (QED) is 0.868. The molecule has 1 atom stereocenters. The van der Waals surface area contributed by atoms with E-state index < -0.39 is 0 Å². The molecule has 0 saturated heterocycles. The number of hydrogen-bond acceptors (Lipinski definition) is 5. The lowest BCUT2D eigenvalue weighted by molar-refractivity contribution is 0.627. The van der Waals surface area contributed by atoms with Crippen LogP contribution in [0.5, 0.6) is 0 Å². The van der Waals surface area contributed by atoms with Gasteiger partial charge in [0.2, 0.25) is 0 Å². The first-order chi connectivity index (χ1) is 8.80. The molecule has 6 heteroatoms. The molecule has 0 aliphatic heterocycles. The molecule has 5 nitrogen and oxygen atoms in total. The highest BCUT2D eigenvalue weighted by molar-refractivity contribution is 7.05. The molecule has 18 heavy (non-hydrogen) atoms. The summed E-state index contributed by atoms with van der Waals surface area (Å²) in [6, 6.07) is 0.158. The predicted molar refractivity (Wildman–Crippen MR) is 72.7 cm³/mol. The Morgan fingerprint density at radius 3 is 2.83 bits per heavy atom. The molecule has 0 radical (unpaired) electrons. The van der Waals surface area contributed by atoms with Crippen LogP contribution in [0.25, 0.3) is 0 Å². The van der Waals surface area contributed by atoms with Crippen molar-refractivity contribution in [2.45, 2.75) is 39.8 Å². The molecule has 2 aromatic heterocycles. The van der Waals surface area contributed by atoms with Gasteiger partial charge in [0.1, 0.15) is 0 Å². The van der Waals surface area contributed by atoms with Crippen LogP contribution in [0.2, 0.25) is 0 Å². The molecule has 0 aliphatic rings. The van der Waals surface area contributed by atoms with Gasteiger partial charge in [-0.3, -0.25) is 4.68 Å². The van der Waals surface area contributed by atoms with Crippen LogP contribution < -0.4 is 5.32 Å². The molecule has 1 unspecified atom stereocenters. The van der Waals surface area contributed by atoms with Crippen LogP contribution in [0, 0.1) is 0 Å². The van der Waals surface area contributed by atoms with E-state index in [0.717, 1.165) is 25.2 Å². The Hall–Kier alpha value is -1.27. The van der Waals surface area contributed by atoms with E-state index in [1.807, 2.05) is 10.9 Å². The standard InChI is InChI=1S/C12H19N5S/c1-4-10-12(18-16-15-10)11(13-5-2)9-7-14-17(6-3)8-9/h7-8,11,13H,4-6H2,1-3H3. The average molecular weight is 265 g/mol. The van der Waals surface area contributed by atoms with Gasteiger partial charge in [0.25, 0.3) is 0 Å². The van der Waals surface area contributed by atoms with Crippen molar-refractivity contribution in [1.82, 2.24) is 24.7 Å². The number of nitrogens with zero attached hydrogens (tertiary/aromatic N) is 4. The summed E-state index contributed by atoms with van der Waals surface area (Å²) < 4.78 is 6.02. The van der Waals surface area contributed by atoms with Crippen molar-refractivity contribution in [2.75, 3.05) is 6.54 Å². The lowest BCUT2D eigenvalue weighted by atomic mass is 10.1. The molecule has 98 valence electrons. The molecule has 0 saturated carbocycles. The zero-order valence-electron chi connectivity index (χ0n) is 11.1. The van der Waals surface area contributed by atoms with Gasteiger partial charge < -0.3 is 5.32 Å². The monoisotopic (exact) mass is 265 g/mol. The van der Waals surface area contributed by atoms with Crippen LogP contribution in [-0.2, 0) is 13.0 Å². The fraction of sp³-hybridized carbons (Fsp3) is 0.583. The van der Waals surface area contributed by atoms with Crippen molar-refractivity contribution < 1.29 is 0 Å². The Balaban J connectivity index is 2.33. The van der Waals surface area contributed by atoms with Crippen LogP contribution >= 0.6 is 11.5 Å². The molecule has 0 spiro atoms. The van der Waals surface area contributed by atoms with Crippen molar-refractivity contribution >= 4 is 11.5 Å². The van der Waals surface area contributed by atoms with Gasteiger partial charge in [-0.05, 0) is 31.4 Å². The van der Waals surface area contributed by atoms with E-state index in [-0.39, 0.29) is 6.04 Å². The zero-order valence-corrected chi connectivity index (χ0v) is 11.9. The summed E-state index contributed by atoms with van der Waals surface area (Å²) in [4.78, 5) is 1.20. The summed E-state index contributed by atoms with van der Waals surface area (Å²) in [7, 11) is 0. The second-order valence-electron chi connectivity index (χ2n) is 4.06. The maximum Gasteiger partial charge on any atom is 0.0804 e. The summed E-state index contributed by atoms with van der Waals surface area (Å²) in [5.41, 5.74) is 2.26. The van der Waals surface area contributed by atoms with E-state index >= 15 is 0 Å². The molecule has 2 aromatic rings. The van der Waals surface area contributed by atoms with Crippen LogP contribution in [0.15, 0.2) is 12.4 Å². The van der Waals surface area contributed by atoms with E-state index in [1.54, 1.807) is 0 Å². The smallest absolute Gasteiger partial charge is 0.0804 e. The molecular formula is C12H19N5S. The van der Waals surface area contributed by atoms with E-state index in [2.05, 4.69) is 47.0 Å². The third-order valence-electron chi connectivity index (χ3n) is 2.90. The highest BCUT2D eigenvalue weighted by atomic mass is 32.1. The minimum absolute atomic E-state index is 0.158. The van der Waals surface area contributed by atoms with E-state index in [4.69, 9.17) is 0 Å².